The Morgan fingerprint density at radius 1 is 1.36 bits per heavy atom. The van der Waals surface area contributed by atoms with Gasteiger partial charge >= 0.3 is 12.1 Å². The quantitative estimate of drug-likeness (QED) is 0.626. The molecule has 1 aromatic rings. The minimum atomic E-state index is -0.752. The SMILES string of the molecule is COC(=O)/C=C\[C@H](NC(=O)OCc1ccccc1)[C@@H]1COC(C)(C)O1. The highest BCUT2D eigenvalue weighted by molar-refractivity contribution is 5.82. The summed E-state index contributed by atoms with van der Waals surface area (Å²) in [4.78, 5) is 23.4. The second kappa shape index (κ2) is 8.64. The molecule has 1 fully saturated rings. The maximum absolute atomic E-state index is 12.1. The van der Waals surface area contributed by atoms with Gasteiger partial charge in [-0.1, -0.05) is 36.4 Å². The Balaban J connectivity index is 1.96. The predicted octanol–water partition coefficient (Wildman–Crippen LogP) is 2.16. The van der Waals surface area contributed by atoms with Crippen molar-refractivity contribution in [3.63, 3.8) is 0 Å². The van der Waals surface area contributed by atoms with E-state index in [0.29, 0.717) is 0 Å². The lowest BCUT2D eigenvalue weighted by atomic mass is 10.1. The molecule has 0 bridgehead atoms. The number of methoxy groups -OCH3 is 1. The molecule has 1 N–H and O–H groups in total. The number of amides is 1. The second-order valence-electron chi connectivity index (χ2n) is 5.98. The molecule has 0 unspecified atom stereocenters. The third kappa shape index (κ3) is 6.21. The van der Waals surface area contributed by atoms with E-state index in [1.807, 2.05) is 30.3 Å². The molecule has 2 atom stereocenters. The van der Waals surface area contributed by atoms with E-state index in [-0.39, 0.29) is 13.2 Å². The summed E-state index contributed by atoms with van der Waals surface area (Å²) in [5, 5.41) is 2.69. The van der Waals surface area contributed by atoms with Crippen LogP contribution in [0.5, 0.6) is 0 Å². The van der Waals surface area contributed by atoms with Crippen LogP contribution >= 0.6 is 0 Å². The number of rotatable bonds is 6. The third-order valence-corrected chi connectivity index (χ3v) is 3.57. The molecule has 136 valence electrons. The fraction of sp³-hybridized carbons (Fsp3) is 0.444. The number of hydrogen-bond donors (Lipinski definition) is 1. The number of alkyl carbamates (subject to hydrolysis) is 1. The average Bonchev–Trinajstić information content (AvgIpc) is 2.97. The fourth-order valence-electron chi connectivity index (χ4n) is 2.31. The largest absolute Gasteiger partial charge is 0.466 e. The third-order valence-electron chi connectivity index (χ3n) is 3.57. The van der Waals surface area contributed by atoms with E-state index in [0.717, 1.165) is 5.56 Å². The zero-order valence-electron chi connectivity index (χ0n) is 14.6. The van der Waals surface area contributed by atoms with Crippen molar-refractivity contribution in [2.75, 3.05) is 13.7 Å². The normalized spacial score (nSPS) is 20.2. The van der Waals surface area contributed by atoms with E-state index in [4.69, 9.17) is 14.2 Å². The fourth-order valence-corrected chi connectivity index (χ4v) is 2.31. The number of nitrogens with one attached hydrogen (secondary N) is 1. The number of carbonyl (C=O) groups is 2. The molecule has 1 aromatic carbocycles. The minimum Gasteiger partial charge on any atom is -0.466 e. The van der Waals surface area contributed by atoms with Crippen LogP contribution in [0.15, 0.2) is 42.5 Å². The summed E-state index contributed by atoms with van der Waals surface area (Å²) in [6.45, 7) is 3.99. The summed E-state index contributed by atoms with van der Waals surface area (Å²) in [5.74, 6) is -1.28. The van der Waals surface area contributed by atoms with Crippen molar-refractivity contribution in [2.45, 2.75) is 38.4 Å². The van der Waals surface area contributed by atoms with E-state index < -0.39 is 30.0 Å². The summed E-state index contributed by atoms with van der Waals surface area (Å²) in [6.07, 6.45) is 1.68. The lowest BCUT2D eigenvalue weighted by Crippen LogP contribution is -2.44. The molecule has 0 aliphatic carbocycles. The van der Waals surface area contributed by atoms with Gasteiger partial charge in [-0.25, -0.2) is 9.59 Å². The minimum absolute atomic E-state index is 0.146. The maximum atomic E-state index is 12.1. The van der Waals surface area contributed by atoms with E-state index in [9.17, 15) is 9.59 Å². The lowest BCUT2D eigenvalue weighted by molar-refractivity contribution is -0.140. The highest BCUT2D eigenvalue weighted by Crippen LogP contribution is 2.24. The Hall–Kier alpha value is -2.38. The molecule has 25 heavy (non-hydrogen) atoms. The molecule has 0 aromatic heterocycles. The predicted molar refractivity (Wildman–Crippen MR) is 89.6 cm³/mol. The van der Waals surface area contributed by atoms with Gasteiger partial charge in [0.25, 0.3) is 0 Å². The monoisotopic (exact) mass is 349 g/mol. The van der Waals surface area contributed by atoms with Gasteiger partial charge in [0.2, 0.25) is 0 Å². The van der Waals surface area contributed by atoms with E-state index in [1.54, 1.807) is 13.8 Å². The standard InChI is InChI=1S/C18H23NO6/c1-18(2)24-12-15(25-18)14(9-10-16(20)22-3)19-17(21)23-11-13-7-5-4-6-8-13/h4-10,14-15H,11-12H2,1-3H3,(H,19,21)/b10-9-/t14-,15-/m0/s1. The zero-order valence-corrected chi connectivity index (χ0v) is 14.6. The van der Waals surface area contributed by atoms with Gasteiger partial charge in [-0.15, -0.1) is 0 Å². The van der Waals surface area contributed by atoms with Gasteiger partial charge in [-0.3, -0.25) is 0 Å². The van der Waals surface area contributed by atoms with Crippen molar-refractivity contribution in [1.82, 2.24) is 5.32 Å². The maximum Gasteiger partial charge on any atom is 0.408 e. The highest BCUT2D eigenvalue weighted by Gasteiger charge is 2.37. The van der Waals surface area contributed by atoms with Crippen LogP contribution in [-0.4, -0.2) is 43.7 Å². The number of ether oxygens (including phenoxy) is 4. The molecule has 1 aliphatic heterocycles. The smallest absolute Gasteiger partial charge is 0.408 e. The van der Waals surface area contributed by atoms with E-state index >= 15 is 0 Å². The summed E-state index contributed by atoms with van der Waals surface area (Å²) in [7, 11) is 1.28. The van der Waals surface area contributed by atoms with Crippen LogP contribution < -0.4 is 5.32 Å². The first kappa shape index (κ1) is 19.0. The summed E-state index contributed by atoms with van der Waals surface area (Å²) < 4.78 is 21.0. The Bertz CT molecular complexity index is 613. The van der Waals surface area contributed by atoms with Gasteiger partial charge in [0.15, 0.2) is 5.79 Å². The van der Waals surface area contributed by atoms with Gasteiger partial charge in [0, 0.05) is 6.08 Å². The molecule has 1 saturated heterocycles. The van der Waals surface area contributed by atoms with Crippen LogP contribution in [0, 0.1) is 0 Å². The molecule has 0 radical (unpaired) electrons. The first-order valence-corrected chi connectivity index (χ1v) is 7.95. The Kier molecular flexibility index (Phi) is 6.55. The van der Waals surface area contributed by atoms with Gasteiger partial charge in [0.1, 0.15) is 12.7 Å². The molecule has 7 nitrogen and oxygen atoms in total. The Morgan fingerprint density at radius 2 is 2.08 bits per heavy atom. The van der Waals surface area contributed by atoms with Gasteiger partial charge in [0.05, 0.1) is 19.8 Å². The number of esters is 1. The Labute approximate surface area is 146 Å². The summed E-state index contributed by atoms with van der Waals surface area (Å²) in [5.41, 5.74) is 0.876. The van der Waals surface area contributed by atoms with Crippen LogP contribution in [0.2, 0.25) is 0 Å². The van der Waals surface area contributed by atoms with Crippen LogP contribution in [0.1, 0.15) is 19.4 Å². The average molecular weight is 349 g/mol. The number of hydrogen-bond acceptors (Lipinski definition) is 6. The first-order valence-electron chi connectivity index (χ1n) is 7.95. The molecular weight excluding hydrogens is 326 g/mol. The molecule has 7 heteroatoms. The summed E-state index contributed by atoms with van der Waals surface area (Å²) >= 11 is 0. The first-order chi connectivity index (χ1) is 11.9. The molecule has 0 saturated carbocycles. The van der Waals surface area contributed by atoms with Gasteiger partial charge < -0.3 is 24.3 Å². The zero-order chi connectivity index (χ0) is 18.3. The van der Waals surface area contributed by atoms with E-state index in [2.05, 4.69) is 10.1 Å². The van der Waals surface area contributed by atoms with Crippen molar-refractivity contribution in [1.29, 1.82) is 0 Å². The van der Waals surface area contributed by atoms with Gasteiger partial charge in [-0.05, 0) is 19.4 Å². The highest BCUT2D eigenvalue weighted by atomic mass is 16.7. The Morgan fingerprint density at radius 3 is 2.68 bits per heavy atom. The van der Waals surface area contributed by atoms with Crippen LogP contribution in [-0.2, 0) is 30.3 Å². The second-order valence-corrected chi connectivity index (χ2v) is 5.98. The molecule has 1 amide bonds. The number of benzene rings is 1. The molecule has 1 heterocycles. The topological polar surface area (TPSA) is 83.1 Å². The van der Waals surface area contributed by atoms with Crippen LogP contribution in [0.25, 0.3) is 0 Å². The molecular formula is C18H23NO6. The van der Waals surface area contributed by atoms with Crippen molar-refractivity contribution in [3.8, 4) is 0 Å². The van der Waals surface area contributed by atoms with E-state index in [1.165, 1.54) is 19.3 Å². The van der Waals surface area contributed by atoms with Crippen LogP contribution in [0.4, 0.5) is 4.79 Å². The van der Waals surface area contributed by atoms with Crippen LogP contribution in [0.3, 0.4) is 0 Å². The van der Waals surface area contributed by atoms with Crippen molar-refractivity contribution >= 4 is 12.1 Å². The molecule has 0 spiro atoms. The van der Waals surface area contributed by atoms with Gasteiger partial charge in [-0.2, -0.15) is 0 Å². The molecule has 1 aliphatic rings. The summed E-state index contributed by atoms with van der Waals surface area (Å²) in [6, 6.07) is 8.74. The lowest BCUT2D eigenvalue weighted by Gasteiger charge is -2.22. The van der Waals surface area contributed by atoms with Crippen molar-refractivity contribution in [3.05, 3.63) is 48.0 Å². The molecule has 2 rings (SSSR count). The van der Waals surface area contributed by atoms with Crippen molar-refractivity contribution < 1.29 is 28.5 Å². The number of carbonyl (C=O) groups excluding carboxylic acids is 2. The van der Waals surface area contributed by atoms with Crippen molar-refractivity contribution in [2.24, 2.45) is 0 Å².